The van der Waals surface area contributed by atoms with E-state index in [0.29, 0.717) is 5.92 Å². The molecule has 0 bridgehead atoms. The van der Waals surface area contributed by atoms with Crippen molar-refractivity contribution in [2.45, 2.75) is 78.6 Å². The zero-order valence-electron chi connectivity index (χ0n) is 17.9. The summed E-state index contributed by atoms with van der Waals surface area (Å²) in [7, 11) is 0. The van der Waals surface area contributed by atoms with Crippen LogP contribution in [0.1, 0.15) is 78.6 Å². The second-order valence-corrected chi connectivity index (χ2v) is 7.26. The molecule has 0 fully saturated rings. The molecule has 0 unspecified atom stereocenters. The molecule has 27 heavy (non-hydrogen) atoms. The quantitative estimate of drug-likeness (QED) is 0.229. The zero-order chi connectivity index (χ0) is 20.0. The summed E-state index contributed by atoms with van der Waals surface area (Å²) in [6, 6.07) is -0.0596. The van der Waals surface area contributed by atoms with Crippen LogP contribution in [0.4, 0.5) is 4.79 Å². The van der Waals surface area contributed by atoms with E-state index in [0.717, 1.165) is 45.2 Å². The second-order valence-electron chi connectivity index (χ2n) is 7.26. The maximum atomic E-state index is 11.5. The van der Waals surface area contributed by atoms with Gasteiger partial charge in [-0.2, -0.15) is 0 Å². The number of amides is 2. The molecule has 0 radical (unpaired) electrons. The van der Waals surface area contributed by atoms with Gasteiger partial charge in [-0.25, -0.2) is 4.79 Å². The molecule has 3 heteroatoms. The van der Waals surface area contributed by atoms with Gasteiger partial charge < -0.3 is 10.6 Å². The van der Waals surface area contributed by atoms with Crippen molar-refractivity contribution in [2.75, 3.05) is 13.1 Å². The van der Waals surface area contributed by atoms with Crippen LogP contribution in [0.3, 0.4) is 0 Å². The molecule has 154 valence electrons. The van der Waals surface area contributed by atoms with E-state index in [-0.39, 0.29) is 6.03 Å². The molecule has 0 spiro atoms. The number of rotatable bonds is 16. The van der Waals surface area contributed by atoms with Crippen molar-refractivity contribution in [3.63, 3.8) is 0 Å². The molecular formula is C24H42N2O. The van der Waals surface area contributed by atoms with Crippen LogP contribution in [0.25, 0.3) is 0 Å². The molecule has 0 aromatic carbocycles. The van der Waals surface area contributed by atoms with Crippen LogP contribution < -0.4 is 10.6 Å². The van der Waals surface area contributed by atoms with E-state index in [9.17, 15) is 4.79 Å². The number of allylic oxidation sites excluding steroid dienone is 8. The van der Waals surface area contributed by atoms with Crippen LogP contribution >= 0.6 is 0 Å². The van der Waals surface area contributed by atoms with E-state index in [1.165, 1.54) is 25.7 Å². The number of urea groups is 1. The Bertz CT molecular complexity index is 447. The molecular weight excluding hydrogens is 332 g/mol. The van der Waals surface area contributed by atoms with Crippen molar-refractivity contribution in [3.8, 4) is 0 Å². The molecule has 0 heterocycles. The first-order valence-corrected chi connectivity index (χ1v) is 10.8. The van der Waals surface area contributed by atoms with Crippen LogP contribution in [0.15, 0.2) is 48.6 Å². The summed E-state index contributed by atoms with van der Waals surface area (Å²) in [6.07, 6.45) is 28.0. The zero-order valence-corrected chi connectivity index (χ0v) is 17.9. The Balaban J connectivity index is 3.45. The van der Waals surface area contributed by atoms with E-state index >= 15 is 0 Å². The summed E-state index contributed by atoms with van der Waals surface area (Å²) in [6.45, 7) is 7.86. The van der Waals surface area contributed by atoms with Crippen molar-refractivity contribution in [2.24, 2.45) is 5.92 Å². The highest BCUT2D eigenvalue weighted by atomic mass is 16.2. The number of hydrogen-bond donors (Lipinski definition) is 2. The summed E-state index contributed by atoms with van der Waals surface area (Å²) < 4.78 is 0. The lowest BCUT2D eigenvalue weighted by atomic mass is 10.2. The minimum atomic E-state index is -0.0596. The Kier molecular flexibility index (Phi) is 19.2. The highest BCUT2D eigenvalue weighted by Crippen LogP contribution is 2.01. The van der Waals surface area contributed by atoms with Crippen LogP contribution in [0.5, 0.6) is 0 Å². The Morgan fingerprint density at radius 3 is 1.78 bits per heavy atom. The largest absolute Gasteiger partial charge is 0.338 e. The fourth-order valence-electron chi connectivity index (χ4n) is 2.34. The van der Waals surface area contributed by atoms with Gasteiger partial charge >= 0.3 is 6.03 Å². The third-order valence-electron chi connectivity index (χ3n) is 3.96. The van der Waals surface area contributed by atoms with Crippen LogP contribution in [-0.2, 0) is 0 Å². The van der Waals surface area contributed by atoms with Gasteiger partial charge in [0.2, 0.25) is 0 Å². The highest BCUT2D eigenvalue weighted by Gasteiger charge is 1.99. The van der Waals surface area contributed by atoms with Crippen molar-refractivity contribution in [3.05, 3.63) is 48.6 Å². The van der Waals surface area contributed by atoms with Crippen LogP contribution in [0, 0.1) is 5.92 Å². The van der Waals surface area contributed by atoms with Gasteiger partial charge in [-0.1, -0.05) is 82.2 Å². The molecule has 0 atom stereocenters. The summed E-state index contributed by atoms with van der Waals surface area (Å²) in [5.74, 6) is 0.486. The molecule has 0 saturated heterocycles. The van der Waals surface area contributed by atoms with Crippen molar-refractivity contribution < 1.29 is 4.79 Å². The summed E-state index contributed by atoms with van der Waals surface area (Å²) in [5, 5.41) is 5.73. The molecule has 0 saturated carbocycles. The lowest BCUT2D eigenvalue weighted by molar-refractivity contribution is 0.239. The van der Waals surface area contributed by atoms with Crippen molar-refractivity contribution >= 4 is 6.03 Å². The molecule has 2 amide bonds. The smallest absolute Gasteiger partial charge is 0.314 e. The SMILES string of the molecule is CCCCC/C=C\C/C=C\C/C=C\C/C=C\CCCNC(=O)NCC(C)C. The third kappa shape index (κ3) is 22.2. The Morgan fingerprint density at radius 1 is 0.741 bits per heavy atom. The average Bonchev–Trinajstić information content (AvgIpc) is 2.65. The van der Waals surface area contributed by atoms with E-state index in [4.69, 9.17) is 0 Å². The maximum absolute atomic E-state index is 11.5. The van der Waals surface area contributed by atoms with Crippen LogP contribution in [-0.4, -0.2) is 19.1 Å². The molecule has 0 aliphatic rings. The molecule has 2 N–H and O–H groups in total. The van der Waals surface area contributed by atoms with Gasteiger partial charge in [-0.15, -0.1) is 0 Å². The van der Waals surface area contributed by atoms with Crippen molar-refractivity contribution in [1.82, 2.24) is 10.6 Å². The fraction of sp³-hybridized carbons (Fsp3) is 0.625. The minimum absolute atomic E-state index is 0.0596. The van der Waals surface area contributed by atoms with Gasteiger partial charge in [0.1, 0.15) is 0 Å². The Morgan fingerprint density at radius 2 is 1.26 bits per heavy atom. The van der Waals surface area contributed by atoms with Gasteiger partial charge in [0, 0.05) is 13.1 Å². The van der Waals surface area contributed by atoms with Crippen LogP contribution in [0.2, 0.25) is 0 Å². The molecule has 0 aliphatic carbocycles. The first kappa shape index (κ1) is 25.2. The Labute approximate surface area is 168 Å². The average molecular weight is 375 g/mol. The van der Waals surface area contributed by atoms with Gasteiger partial charge in [-0.3, -0.25) is 0 Å². The topological polar surface area (TPSA) is 41.1 Å². The van der Waals surface area contributed by atoms with Gasteiger partial charge in [0.25, 0.3) is 0 Å². The molecule has 0 aromatic heterocycles. The number of carbonyl (C=O) groups is 1. The molecule has 0 rings (SSSR count). The van der Waals surface area contributed by atoms with Gasteiger partial charge in [-0.05, 0) is 50.9 Å². The number of hydrogen-bond acceptors (Lipinski definition) is 1. The molecule has 3 nitrogen and oxygen atoms in total. The fourth-order valence-corrected chi connectivity index (χ4v) is 2.34. The summed E-state index contributed by atoms with van der Waals surface area (Å²) in [5.41, 5.74) is 0. The monoisotopic (exact) mass is 374 g/mol. The summed E-state index contributed by atoms with van der Waals surface area (Å²) >= 11 is 0. The molecule has 0 aliphatic heterocycles. The second kappa shape index (κ2) is 20.5. The highest BCUT2D eigenvalue weighted by molar-refractivity contribution is 5.73. The van der Waals surface area contributed by atoms with E-state index in [1.54, 1.807) is 0 Å². The normalized spacial score (nSPS) is 12.3. The standard InChI is InChI=1S/C24H42N2O/c1-4-5-6-7-8-9-10-11-12-13-14-15-16-17-18-19-20-21-25-24(27)26-22-23(2)3/h8-9,11-12,14-15,17-18,23H,4-7,10,13,16,19-22H2,1-3H3,(H2,25,26,27)/b9-8-,12-11-,15-14-,18-17-. The lowest BCUT2D eigenvalue weighted by Crippen LogP contribution is -2.37. The Hall–Kier alpha value is -1.77. The van der Waals surface area contributed by atoms with E-state index < -0.39 is 0 Å². The number of carbonyl (C=O) groups excluding carboxylic acids is 1. The first-order chi connectivity index (χ1) is 13.2. The predicted octanol–water partition coefficient (Wildman–Crippen LogP) is 6.70. The summed E-state index contributed by atoms with van der Waals surface area (Å²) in [4.78, 5) is 11.5. The lowest BCUT2D eigenvalue weighted by Gasteiger charge is -2.08. The third-order valence-corrected chi connectivity index (χ3v) is 3.96. The first-order valence-electron chi connectivity index (χ1n) is 10.8. The van der Waals surface area contributed by atoms with E-state index in [1.807, 2.05) is 0 Å². The predicted molar refractivity (Wildman–Crippen MR) is 120 cm³/mol. The minimum Gasteiger partial charge on any atom is -0.338 e. The van der Waals surface area contributed by atoms with Crippen molar-refractivity contribution in [1.29, 1.82) is 0 Å². The molecule has 0 aromatic rings. The van der Waals surface area contributed by atoms with Gasteiger partial charge in [0.05, 0.1) is 0 Å². The van der Waals surface area contributed by atoms with E-state index in [2.05, 4.69) is 80.0 Å². The maximum Gasteiger partial charge on any atom is 0.314 e. The number of nitrogens with one attached hydrogen (secondary N) is 2. The number of unbranched alkanes of at least 4 members (excludes halogenated alkanes) is 4. The van der Waals surface area contributed by atoms with Gasteiger partial charge in [0.15, 0.2) is 0 Å².